The van der Waals surface area contributed by atoms with Crippen molar-refractivity contribution in [1.82, 2.24) is 19.7 Å². The fourth-order valence-corrected chi connectivity index (χ4v) is 1.76. The molecule has 0 aromatic carbocycles. The standard InChI is InChI=1S/C13H19N5O/c1-3-18-13(16-9-17-18)8-19-12-5-4-11(15-7-12)6-10(2)14/h4-5,7,9-10H,3,6,8,14H2,1-2H3. The first-order valence-corrected chi connectivity index (χ1v) is 6.39. The van der Waals surface area contributed by atoms with E-state index in [0.717, 1.165) is 30.2 Å². The van der Waals surface area contributed by atoms with Gasteiger partial charge in [0, 0.05) is 24.7 Å². The number of rotatable bonds is 6. The third kappa shape index (κ3) is 3.75. The highest BCUT2D eigenvalue weighted by molar-refractivity contribution is 5.20. The van der Waals surface area contributed by atoms with E-state index in [0.29, 0.717) is 6.61 Å². The van der Waals surface area contributed by atoms with Crippen LogP contribution in [0.15, 0.2) is 24.7 Å². The van der Waals surface area contributed by atoms with Gasteiger partial charge in [0.1, 0.15) is 18.7 Å². The fraction of sp³-hybridized carbons (Fsp3) is 0.462. The minimum absolute atomic E-state index is 0.113. The van der Waals surface area contributed by atoms with Gasteiger partial charge in [-0.3, -0.25) is 4.98 Å². The second-order valence-electron chi connectivity index (χ2n) is 4.45. The van der Waals surface area contributed by atoms with Gasteiger partial charge in [0.25, 0.3) is 0 Å². The highest BCUT2D eigenvalue weighted by Gasteiger charge is 2.04. The van der Waals surface area contributed by atoms with Crippen LogP contribution in [0.2, 0.25) is 0 Å². The topological polar surface area (TPSA) is 78.8 Å². The van der Waals surface area contributed by atoms with Crippen molar-refractivity contribution in [2.45, 2.75) is 39.5 Å². The molecule has 2 heterocycles. The Morgan fingerprint density at radius 2 is 2.21 bits per heavy atom. The summed E-state index contributed by atoms with van der Waals surface area (Å²) in [7, 11) is 0. The van der Waals surface area contributed by atoms with Crippen molar-refractivity contribution in [2.24, 2.45) is 5.73 Å². The van der Waals surface area contributed by atoms with Gasteiger partial charge < -0.3 is 10.5 Å². The number of aryl methyl sites for hydroxylation is 1. The van der Waals surface area contributed by atoms with E-state index < -0.39 is 0 Å². The van der Waals surface area contributed by atoms with E-state index >= 15 is 0 Å². The van der Waals surface area contributed by atoms with Crippen molar-refractivity contribution in [3.05, 3.63) is 36.2 Å². The first-order valence-electron chi connectivity index (χ1n) is 6.39. The molecular formula is C13H19N5O. The monoisotopic (exact) mass is 261 g/mol. The second kappa shape index (κ2) is 6.29. The van der Waals surface area contributed by atoms with Crippen molar-refractivity contribution in [2.75, 3.05) is 0 Å². The Balaban J connectivity index is 1.93. The Morgan fingerprint density at radius 1 is 1.37 bits per heavy atom. The fourth-order valence-electron chi connectivity index (χ4n) is 1.76. The Kier molecular flexibility index (Phi) is 4.46. The molecule has 6 heteroatoms. The van der Waals surface area contributed by atoms with E-state index in [4.69, 9.17) is 10.5 Å². The van der Waals surface area contributed by atoms with Crippen LogP contribution in [-0.4, -0.2) is 25.8 Å². The third-order valence-corrected chi connectivity index (χ3v) is 2.69. The number of pyridine rings is 1. The lowest BCUT2D eigenvalue weighted by atomic mass is 10.2. The van der Waals surface area contributed by atoms with Crippen LogP contribution in [0.25, 0.3) is 0 Å². The molecule has 0 saturated heterocycles. The quantitative estimate of drug-likeness (QED) is 0.844. The van der Waals surface area contributed by atoms with Crippen LogP contribution >= 0.6 is 0 Å². The van der Waals surface area contributed by atoms with Gasteiger partial charge in [-0.2, -0.15) is 5.10 Å². The first kappa shape index (κ1) is 13.5. The van der Waals surface area contributed by atoms with Crippen molar-refractivity contribution in [1.29, 1.82) is 0 Å². The summed E-state index contributed by atoms with van der Waals surface area (Å²) in [5.74, 6) is 1.53. The Morgan fingerprint density at radius 3 is 2.84 bits per heavy atom. The van der Waals surface area contributed by atoms with Gasteiger partial charge in [-0.25, -0.2) is 9.67 Å². The molecular weight excluding hydrogens is 242 g/mol. The zero-order chi connectivity index (χ0) is 13.7. The maximum atomic E-state index is 5.73. The number of aromatic nitrogens is 4. The average molecular weight is 261 g/mol. The van der Waals surface area contributed by atoms with Crippen LogP contribution in [0.5, 0.6) is 5.75 Å². The number of nitrogens with two attached hydrogens (primary N) is 1. The van der Waals surface area contributed by atoms with Crippen LogP contribution < -0.4 is 10.5 Å². The molecule has 0 aliphatic rings. The van der Waals surface area contributed by atoms with E-state index in [9.17, 15) is 0 Å². The summed E-state index contributed by atoms with van der Waals surface area (Å²) in [6.07, 6.45) is 4.01. The second-order valence-corrected chi connectivity index (χ2v) is 4.45. The van der Waals surface area contributed by atoms with Gasteiger partial charge in [-0.1, -0.05) is 0 Å². The minimum atomic E-state index is 0.113. The van der Waals surface area contributed by atoms with Gasteiger partial charge >= 0.3 is 0 Å². The zero-order valence-corrected chi connectivity index (χ0v) is 11.3. The van der Waals surface area contributed by atoms with E-state index in [2.05, 4.69) is 15.1 Å². The van der Waals surface area contributed by atoms with Gasteiger partial charge in [0.2, 0.25) is 0 Å². The maximum absolute atomic E-state index is 5.73. The molecule has 1 atom stereocenters. The van der Waals surface area contributed by atoms with E-state index in [1.165, 1.54) is 6.33 Å². The summed E-state index contributed by atoms with van der Waals surface area (Å²) in [4.78, 5) is 8.46. The van der Waals surface area contributed by atoms with Crippen LogP contribution in [0.3, 0.4) is 0 Å². The van der Waals surface area contributed by atoms with E-state index in [1.807, 2.05) is 26.0 Å². The van der Waals surface area contributed by atoms with Crippen LogP contribution in [0, 0.1) is 0 Å². The van der Waals surface area contributed by atoms with Crippen molar-refractivity contribution in [3.8, 4) is 5.75 Å². The van der Waals surface area contributed by atoms with E-state index in [-0.39, 0.29) is 6.04 Å². The molecule has 6 nitrogen and oxygen atoms in total. The molecule has 2 aromatic rings. The lowest BCUT2D eigenvalue weighted by molar-refractivity contribution is 0.286. The summed E-state index contributed by atoms with van der Waals surface area (Å²) < 4.78 is 7.44. The van der Waals surface area contributed by atoms with Crippen LogP contribution in [-0.2, 0) is 19.6 Å². The summed E-state index contributed by atoms with van der Waals surface area (Å²) in [6, 6.07) is 3.95. The van der Waals surface area contributed by atoms with Crippen molar-refractivity contribution < 1.29 is 4.74 Å². The lowest BCUT2D eigenvalue weighted by Crippen LogP contribution is -2.18. The molecule has 0 aliphatic carbocycles. The molecule has 2 N–H and O–H groups in total. The highest BCUT2D eigenvalue weighted by Crippen LogP contribution is 2.11. The third-order valence-electron chi connectivity index (χ3n) is 2.69. The molecule has 0 bridgehead atoms. The summed E-state index contributed by atoms with van der Waals surface area (Å²) in [5, 5.41) is 4.09. The number of ether oxygens (including phenoxy) is 1. The Hall–Kier alpha value is -1.95. The zero-order valence-electron chi connectivity index (χ0n) is 11.3. The molecule has 0 radical (unpaired) electrons. The minimum Gasteiger partial charge on any atom is -0.484 e. The molecule has 2 aromatic heterocycles. The molecule has 0 saturated carbocycles. The molecule has 0 fully saturated rings. The Bertz CT molecular complexity index is 506. The molecule has 0 aliphatic heterocycles. The molecule has 0 amide bonds. The number of hydrogen-bond donors (Lipinski definition) is 1. The van der Waals surface area contributed by atoms with Gasteiger partial charge in [-0.15, -0.1) is 0 Å². The molecule has 102 valence electrons. The van der Waals surface area contributed by atoms with Gasteiger partial charge in [0.05, 0.1) is 6.20 Å². The largest absolute Gasteiger partial charge is 0.484 e. The normalized spacial score (nSPS) is 12.4. The van der Waals surface area contributed by atoms with Gasteiger partial charge in [-0.05, 0) is 26.0 Å². The lowest BCUT2D eigenvalue weighted by Gasteiger charge is -2.08. The average Bonchev–Trinajstić information content (AvgIpc) is 2.84. The number of hydrogen-bond acceptors (Lipinski definition) is 5. The highest BCUT2D eigenvalue weighted by atomic mass is 16.5. The summed E-state index contributed by atoms with van der Waals surface area (Å²) in [6.45, 7) is 5.15. The van der Waals surface area contributed by atoms with Gasteiger partial charge in [0.15, 0.2) is 5.82 Å². The van der Waals surface area contributed by atoms with Crippen molar-refractivity contribution >= 4 is 0 Å². The predicted octanol–water partition coefficient (Wildman–Crippen LogP) is 1.16. The maximum Gasteiger partial charge on any atom is 0.164 e. The van der Waals surface area contributed by atoms with Crippen molar-refractivity contribution in [3.63, 3.8) is 0 Å². The molecule has 19 heavy (non-hydrogen) atoms. The Labute approximate surface area is 112 Å². The predicted molar refractivity (Wildman–Crippen MR) is 71.6 cm³/mol. The molecule has 0 spiro atoms. The van der Waals surface area contributed by atoms with Crippen LogP contribution in [0.4, 0.5) is 0 Å². The molecule has 2 rings (SSSR count). The van der Waals surface area contributed by atoms with E-state index in [1.54, 1.807) is 10.9 Å². The summed E-state index contributed by atoms with van der Waals surface area (Å²) >= 11 is 0. The number of nitrogens with zero attached hydrogens (tertiary/aromatic N) is 4. The smallest absolute Gasteiger partial charge is 0.164 e. The SMILES string of the molecule is CCn1ncnc1COc1ccc(CC(C)N)nc1. The van der Waals surface area contributed by atoms with Crippen LogP contribution in [0.1, 0.15) is 25.4 Å². The first-order chi connectivity index (χ1) is 9.19. The summed E-state index contributed by atoms with van der Waals surface area (Å²) in [5.41, 5.74) is 6.70. The molecule has 1 unspecified atom stereocenters.